The number of hydrogen-bond donors (Lipinski definition) is 0. The molecule has 0 aromatic heterocycles. The average Bonchev–Trinajstić information content (AvgIpc) is 2.52. The van der Waals surface area contributed by atoms with Crippen LogP contribution in [0, 0.1) is 0 Å². The van der Waals surface area contributed by atoms with Crippen LogP contribution in [0.1, 0.15) is 52.7 Å². The highest BCUT2D eigenvalue weighted by molar-refractivity contribution is 5.96. The maximum Gasteiger partial charge on any atom is 0.367 e. The first kappa shape index (κ1) is 19.0. The summed E-state index contributed by atoms with van der Waals surface area (Å²) in [6, 6.07) is 3.56. The van der Waals surface area contributed by atoms with E-state index in [2.05, 4.69) is 0 Å². The van der Waals surface area contributed by atoms with Gasteiger partial charge in [0.05, 0.1) is 13.2 Å². The molecule has 5 heteroatoms. The van der Waals surface area contributed by atoms with Gasteiger partial charge in [0.15, 0.2) is 0 Å². The van der Waals surface area contributed by atoms with Gasteiger partial charge in [-0.3, -0.25) is 0 Å². The van der Waals surface area contributed by atoms with E-state index < -0.39 is 17.4 Å². The third-order valence-corrected chi connectivity index (χ3v) is 3.93. The van der Waals surface area contributed by atoms with E-state index in [4.69, 9.17) is 14.2 Å². The molecule has 0 fully saturated rings. The van der Waals surface area contributed by atoms with E-state index in [0.717, 1.165) is 11.1 Å². The van der Waals surface area contributed by atoms with Gasteiger partial charge in [-0.1, -0.05) is 0 Å². The fraction of sp³-hybridized carbons (Fsp3) is 0.450. The molecule has 1 aromatic rings. The predicted octanol–water partition coefficient (Wildman–Crippen LogP) is 4.92. The first-order chi connectivity index (χ1) is 11.7. The Bertz CT molecular complexity index is 744. The van der Waals surface area contributed by atoms with E-state index >= 15 is 0 Å². The Morgan fingerprint density at radius 1 is 1.24 bits per heavy atom. The summed E-state index contributed by atoms with van der Waals surface area (Å²) in [6.07, 6.45) is 2.01. The van der Waals surface area contributed by atoms with Gasteiger partial charge in [-0.05, 0) is 59.3 Å². The normalized spacial score (nSPS) is 16.2. The van der Waals surface area contributed by atoms with Crippen molar-refractivity contribution in [3.8, 4) is 11.5 Å². The maximum atomic E-state index is 14.4. The molecule has 0 aliphatic carbocycles. The summed E-state index contributed by atoms with van der Waals surface area (Å²) < 4.78 is 30.9. The molecule has 0 radical (unpaired) electrons. The summed E-state index contributed by atoms with van der Waals surface area (Å²) in [5, 5.41) is 0. The van der Waals surface area contributed by atoms with E-state index in [0.29, 0.717) is 23.7 Å². The molecule has 0 spiro atoms. The first-order valence-corrected chi connectivity index (χ1v) is 8.43. The molecule has 0 amide bonds. The van der Waals surface area contributed by atoms with Gasteiger partial charge in [0, 0.05) is 22.8 Å². The Labute approximate surface area is 148 Å². The average molecular weight is 348 g/mol. The summed E-state index contributed by atoms with van der Waals surface area (Å²) in [7, 11) is 0. The van der Waals surface area contributed by atoms with Crippen LogP contribution in [0.3, 0.4) is 0 Å². The van der Waals surface area contributed by atoms with Crippen molar-refractivity contribution in [1.29, 1.82) is 0 Å². The van der Waals surface area contributed by atoms with Crippen LogP contribution in [-0.2, 0) is 9.53 Å². The van der Waals surface area contributed by atoms with E-state index in [1.807, 2.05) is 33.8 Å². The number of carbonyl (C=O) groups is 1. The standard InChI is InChI=1S/C20H25FO4/c1-7-23-16-10-17-14(12(3)11-20(5,6)25-17)9-15(16)13(4)18(21)19(22)24-8-2/h9-11H,7-8H2,1-6H3/b18-13+. The van der Waals surface area contributed by atoms with Crippen molar-refractivity contribution in [3.05, 3.63) is 35.2 Å². The lowest BCUT2D eigenvalue weighted by Crippen LogP contribution is -2.28. The van der Waals surface area contributed by atoms with Crippen molar-refractivity contribution >= 4 is 17.1 Å². The molecule has 0 atom stereocenters. The van der Waals surface area contributed by atoms with Crippen molar-refractivity contribution in [3.63, 3.8) is 0 Å². The van der Waals surface area contributed by atoms with Crippen molar-refractivity contribution in [2.45, 2.75) is 47.1 Å². The second kappa shape index (κ2) is 7.30. The summed E-state index contributed by atoms with van der Waals surface area (Å²) in [5.41, 5.74) is 2.15. The second-order valence-electron chi connectivity index (χ2n) is 6.47. The molecule has 0 bridgehead atoms. The first-order valence-electron chi connectivity index (χ1n) is 8.43. The fourth-order valence-corrected chi connectivity index (χ4v) is 2.90. The minimum atomic E-state index is -0.968. The summed E-state index contributed by atoms with van der Waals surface area (Å²) in [6.45, 7) is 11.5. The van der Waals surface area contributed by atoms with Crippen LogP contribution in [-0.4, -0.2) is 24.8 Å². The quantitative estimate of drug-likeness (QED) is 0.559. The van der Waals surface area contributed by atoms with Gasteiger partial charge >= 0.3 is 5.97 Å². The van der Waals surface area contributed by atoms with Gasteiger partial charge in [0.2, 0.25) is 5.83 Å². The van der Waals surface area contributed by atoms with Gasteiger partial charge in [-0.2, -0.15) is 4.39 Å². The van der Waals surface area contributed by atoms with E-state index in [-0.39, 0.29) is 12.2 Å². The lowest BCUT2D eigenvalue weighted by molar-refractivity contribution is -0.140. The van der Waals surface area contributed by atoms with Crippen molar-refractivity contribution in [2.24, 2.45) is 0 Å². The van der Waals surface area contributed by atoms with Gasteiger partial charge in [-0.25, -0.2) is 4.79 Å². The van der Waals surface area contributed by atoms with Crippen LogP contribution in [0.25, 0.3) is 11.1 Å². The highest BCUT2D eigenvalue weighted by Crippen LogP contribution is 2.42. The van der Waals surface area contributed by atoms with E-state index in [1.165, 1.54) is 0 Å². The Morgan fingerprint density at radius 2 is 1.92 bits per heavy atom. The van der Waals surface area contributed by atoms with Gasteiger partial charge < -0.3 is 14.2 Å². The van der Waals surface area contributed by atoms with Gasteiger partial charge in [0.1, 0.15) is 17.1 Å². The zero-order chi connectivity index (χ0) is 18.8. The number of esters is 1. The Morgan fingerprint density at radius 3 is 2.52 bits per heavy atom. The number of fused-ring (bicyclic) bond motifs is 1. The smallest absolute Gasteiger partial charge is 0.367 e. The molecule has 1 aliphatic heterocycles. The number of carbonyl (C=O) groups excluding carboxylic acids is 1. The van der Waals surface area contributed by atoms with Crippen LogP contribution < -0.4 is 9.47 Å². The number of benzene rings is 1. The lowest BCUT2D eigenvalue weighted by atomic mass is 9.92. The van der Waals surface area contributed by atoms with E-state index in [1.54, 1.807) is 26.0 Å². The summed E-state index contributed by atoms with van der Waals surface area (Å²) in [5.74, 6) is -0.725. The zero-order valence-electron chi connectivity index (χ0n) is 15.7. The molecule has 0 saturated carbocycles. The number of allylic oxidation sites excluding steroid dienone is 2. The Balaban J connectivity index is 2.61. The van der Waals surface area contributed by atoms with Gasteiger partial charge in [-0.15, -0.1) is 0 Å². The largest absolute Gasteiger partial charge is 0.493 e. The van der Waals surface area contributed by atoms with Crippen LogP contribution in [0.15, 0.2) is 24.0 Å². The maximum absolute atomic E-state index is 14.4. The summed E-state index contributed by atoms with van der Waals surface area (Å²) >= 11 is 0. The molecule has 2 rings (SSSR count). The van der Waals surface area contributed by atoms with Crippen molar-refractivity contribution < 1.29 is 23.4 Å². The monoisotopic (exact) mass is 348 g/mol. The zero-order valence-corrected chi connectivity index (χ0v) is 15.7. The molecular formula is C20H25FO4. The molecule has 136 valence electrons. The summed E-state index contributed by atoms with van der Waals surface area (Å²) in [4.78, 5) is 11.7. The minimum Gasteiger partial charge on any atom is -0.493 e. The van der Waals surface area contributed by atoms with Crippen molar-refractivity contribution in [1.82, 2.24) is 0 Å². The topological polar surface area (TPSA) is 44.8 Å². The van der Waals surface area contributed by atoms with Crippen LogP contribution in [0.4, 0.5) is 4.39 Å². The highest BCUT2D eigenvalue weighted by atomic mass is 19.1. The molecule has 1 heterocycles. The molecule has 0 unspecified atom stereocenters. The number of halogens is 1. The van der Waals surface area contributed by atoms with Crippen LogP contribution >= 0.6 is 0 Å². The second-order valence-corrected chi connectivity index (χ2v) is 6.47. The van der Waals surface area contributed by atoms with Crippen LogP contribution in [0.5, 0.6) is 11.5 Å². The molecular weight excluding hydrogens is 323 g/mol. The van der Waals surface area contributed by atoms with E-state index in [9.17, 15) is 9.18 Å². The molecule has 1 aliphatic rings. The third-order valence-electron chi connectivity index (χ3n) is 3.93. The number of ether oxygens (including phenoxy) is 3. The molecule has 25 heavy (non-hydrogen) atoms. The molecule has 0 N–H and O–H groups in total. The molecule has 0 saturated heterocycles. The molecule has 4 nitrogen and oxygen atoms in total. The Kier molecular flexibility index (Phi) is 5.55. The lowest BCUT2D eigenvalue weighted by Gasteiger charge is -2.31. The van der Waals surface area contributed by atoms with Gasteiger partial charge in [0.25, 0.3) is 0 Å². The Hall–Kier alpha value is -2.30. The number of rotatable bonds is 5. The molecule has 1 aromatic carbocycles. The SMILES string of the molecule is CCOC(=O)/C(F)=C(/C)c1cc2c(cc1OCC)OC(C)(C)C=C2C. The fourth-order valence-electron chi connectivity index (χ4n) is 2.90. The van der Waals surface area contributed by atoms with Crippen LogP contribution in [0.2, 0.25) is 0 Å². The van der Waals surface area contributed by atoms with Crippen molar-refractivity contribution in [2.75, 3.05) is 13.2 Å². The number of hydrogen-bond acceptors (Lipinski definition) is 4. The highest BCUT2D eigenvalue weighted by Gasteiger charge is 2.27. The predicted molar refractivity (Wildman–Crippen MR) is 96.3 cm³/mol. The third kappa shape index (κ3) is 4.03. The minimum absolute atomic E-state index is 0.118.